The fourth-order valence-electron chi connectivity index (χ4n) is 8.99. The van der Waals surface area contributed by atoms with Crippen molar-refractivity contribution < 1.29 is 14.6 Å². The molecule has 1 saturated heterocycles. The number of fused-ring (bicyclic) bond motifs is 7. The van der Waals surface area contributed by atoms with Crippen LogP contribution in [0.4, 0.5) is 0 Å². The largest absolute Gasteiger partial charge is 0.393 e. The van der Waals surface area contributed by atoms with E-state index in [2.05, 4.69) is 33.8 Å². The Labute approximate surface area is 170 Å². The summed E-state index contributed by atoms with van der Waals surface area (Å²) in [6.45, 7) is 11.4. The average molecular weight is 387 g/mol. The summed E-state index contributed by atoms with van der Waals surface area (Å²) in [6, 6.07) is 0. The maximum atomic E-state index is 12.7. The molecule has 9 atom stereocenters. The van der Waals surface area contributed by atoms with Crippen LogP contribution in [0.5, 0.6) is 0 Å². The Bertz CT molecular complexity index is 742. The Morgan fingerprint density at radius 3 is 2.71 bits per heavy atom. The number of ether oxygens (including phenoxy) is 1. The van der Waals surface area contributed by atoms with E-state index in [4.69, 9.17) is 4.74 Å². The van der Waals surface area contributed by atoms with E-state index in [9.17, 15) is 9.90 Å². The zero-order valence-corrected chi connectivity index (χ0v) is 18.4. The maximum absolute atomic E-state index is 12.7. The first-order chi connectivity index (χ1) is 13.2. The molecule has 5 aliphatic rings. The second-order valence-corrected chi connectivity index (χ2v) is 11.4. The number of Topliss-reactive ketones (excluding diaryl/α,β-unsaturated/α-hetero) is 1. The van der Waals surface area contributed by atoms with Gasteiger partial charge in [-0.3, -0.25) is 4.79 Å². The van der Waals surface area contributed by atoms with Crippen molar-refractivity contribution in [2.24, 2.45) is 34.0 Å². The predicted octanol–water partition coefficient (Wildman–Crippen LogP) is 5.06. The maximum Gasteiger partial charge on any atom is 0.164 e. The van der Waals surface area contributed by atoms with Crippen molar-refractivity contribution in [1.29, 1.82) is 0 Å². The van der Waals surface area contributed by atoms with Crippen molar-refractivity contribution in [3.05, 3.63) is 11.6 Å². The van der Waals surface area contributed by atoms with Gasteiger partial charge in [-0.15, -0.1) is 0 Å². The van der Waals surface area contributed by atoms with Crippen molar-refractivity contribution >= 4 is 5.78 Å². The third-order valence-electron chi connectivity index (χ3n) is 10.6. The third-order valence-corrected chi connectivity index (χ3v) is 10.6. The molecule has 0 aromatic carbocycles. The topological polar surface area (TPSA) is 49.8 Å². The van der Waals surface area contributed by atoms with Crippen molar-refractivity contribution in [3.8, 4) is 0 Å². The molecule has 156 valence electrons. The summed E-state index contributed by atoms with van der Waals surface area (Å²) in [5, 5.41) is 10.3. The Morgan fingerprint density at radius 2 is 2.04 bits per heavy atom. The van der Waals surface area contributed by atoms with E-state index in [1.165, 1.54) is 19.3 Å². The van der Waals surface area contributed by atoms with Gasteiger partial charge >= 0.3 is 0 Å². The van der Waals surface area contributed by atoms with Gasteiger partial charge in [0.2, 0.25) is 0 Å². The summed E-state index contributed by atoms with van der Waals surface area (Å²) in [6.07, 6.45) is 11.3. The second kappa shape index (κ2) is 5.72. The quantitative estimate of drug-likeness (QED) is 0.545. The molecule has 0 aromatic rings. The lowest BCUT2D eigenvalue weighted by Gasteiger charge is -2.65. The Balaban J connectivity index is 1.65. The fourth-order valence-corrected chi connectivity index (χ4v) is 8.99. The van der Waals surface area contributed by atoms with Gasteiger partial charge in [0.25, 0.3) is 0 Å². The lowest BCUT2D eigenvalue weighted by atomic mass is 9.40. The molecule has 0 radical (unpaired) electrons. The van der Waals surface area contributed by atoms with Gasteiger partial charge in [0, 0.05) is 5.41 Å². The molecule has 1 aliphatic heterocycles. The zero-order valence-electron chi connectivity index (χ0n) is 18.4. The molecular formula is C25H38O3. The van der Waals surface area contributed by atoms with E-state index in [0.29, 0.717) is 17.8 Å². The molecule has 0 aromatic heterocycles. The van der Waals surface area contributed by atoms with Crippen LogP contribution in [0.15, 0.2) is 11.6 Å². The molecule has 28 heavy (non-hydrogen) atoms. The number of ketones is 1. The monoisotopic (exact) mass is 386 g/mol. The van der Waals surface area contributed by atoms with E-state index >= 15 is 0 Å². The molecule has 3 heteroatoms. The predicted molar refractivity (Wildman–Crippen MR) is 110 cm³/mol. The summed E-state index contributed by atoms with van der Waals surface area (Å²) >= 11 is 0. The van der Waals surface area contributed by atoms with Crippen LogP contribution in [-0.2, 0) is 9.53 Å². The van der Waals surface area contributed by atoms with Crippen molar-refractivity contribution in [1.82, 2.24) is 0 Å². The van der Waals surface area contributed by atoms with Crippen LogP contribution >= 0.6 is 0 Å². The molecule has 0 spiro atoms. The van der Waals surface area contributed by atoms with E-state index in [1.54, 1.807) is 12.5 Å². The SMILES string of the molecule is CCC(C)C12CCC3CC(O)CCC3(C)C1=CCC1(C)C2CC2OC21C(C)=O. The smallest absolute Gasteiger partial charge is 0.164 e. The number of carbonyl (C=O) groups excluding carboxylic acids is 1. The number of rotatable bonds is 3. The molecule has 5 rings (SSSR count). The minimum atomic E-state index is -0.513. The molecule has 0 bridgehead atoms. The molecule has 1 N–H and O–H groups in total. The highest BCUT2D eigenvalue weighted by molar-refractivity contribution is 5.90. The summed E-state index contributed by atoms with van der Waals surface area (Å²) in [5.41, 5.74) is 1.56. The third kappa shape index (κ3) is 1.97. The molecule has 4 fully saturated rings. The van der Waals surface area contributed by atoms with Gasteiger partial charge in [-0.05, 0) is 80.5 Å². The van der Waals surface area contributed by atoms with Gasteiger partial charge in [-0.25, -0.2) is 0 Å². The van der Waals surface area contributed by atoms with Crippen molar-refractivity contribution in [2.45, 2.75) is 104 Å². The molecule has 0 amide bonds. The summed E-state index contributed by atoms with van der Waals surface area (Å²) in [5.74, 6) is 2.02. The highest BCUT2D eigenvalue weighted by Crippen LogP contribution is 2.77. The van der Waals surface area contributed by atoms with E-state index in [0.717, 1.165) is 32.1 Å². The van der Waals surface area contributed by atoms with E-state index < -0.39 is 5.60 Å². The van der Waals surface area contributed by atoms with Crippen LogP contribution in [-0.4, -0.2) is 28.7 Å². The van der Waals surface area contributed by atoms with Gasteiger partial charge in [-0.2, -0.15) is 0 Å². The number of aliphatic hydroxyl groups is 1. The summed E-state index contributed by atoms with van der Waals surface area (Å²) < 4.78 is 6.15. The van der Waals surface area contributed by atoms with Crippen LogP contribution in [0.1, 0.15) is 86.0 Å². The van der Waals surface area contributed by atoms with Gasteiger partial charge in [-0.1, -0.05) is 45.8 Å². The van der Waals surface area contributed by atoms with Crippen LogP contribution in [0, 0.1) is 34.0 Å². The Morgan fingerprint density at radius 1 is 1.29 bits per heavy atom. The first kappa shape index (κ1) is 19.3. The number of allylic oxidation sites excluding steroid dienone is 2. The van der Waals surface area contributed by atoms with Gasteiger partial charge in [0.05, 0.1) is 12.2 Å². The minimum Gasteiger partial charge on any atom is -0.393 e. The average Bonchev–Trinajstić information content (AvgIpc) is 3.34. The fraction of sp³-hybridized carbons (Fsp3) is 0.880. The molecule has 1 heterocycles. The first-order valence-electron chi connectivity index (χ1n) is 11.7. The lowest BCUT2D eigenvalue weighted by molar-refractivity contribution is -0.136. The summed E-state index contributed by atoms with van der Waals surface area (Å²) in [4.78, 5) is 12.7. The highest BCUT2D eigenvalue weighted by atomic mass is 16.6. The van der Waals surface area contributed by atoms with Crippen LogP contribution < -0.4 is 0 Å². The zero-order chi connectivity index (χ0) is 20.1. The van der Waals surface area contributed by atoms with Crippen molar-refractivity contribution in [3.63, 3.8) is 0 Å². The van der Waals surface area contributed by atoms with Gasteiger partial charge in [0.1, 0.15) is 0 Å². The molecule has 4 aliphatic carbocycles. The van der Waals surface area contributed by atoms with E-state index in [1.807, 2.05) is 0 Å². The lowest BCUT2D eigenvalue weighted by Crippen LogP contribution is -2.59. The van der Waals surface area contributed by atoms with Crippen LogP contribution in [0.25, 0.3) is 0 Å². The molecular weight excluding hydrogens is 348 g/mol. The minimum absolute atomic E-state index is 0.0617. The highest BCUT2D eigenvalue weighted by Gasteiger charge is 2.81. The number of aliphatic hydroxyl groups excluding tert-OH is 1. The second-order valence-electron chi connectivity index (χ2n) is 11.4. The normalized spacial score (nSPS) is 55.3. The molecule has 9 unspecified atom stereocenters. The Kier molecular flexibility index (Phi) is 3.95. The standard InChI is InChI=1S/C25H38O3/c1-6-15(2)24-12-7-17-13-18(27)8-10-22(17,4)19(24)9-11-23(5)20(24)14-21-25(23,28-21)16(3)26/h9,15,17-18,20-21,27H,6-8,10-14H2,1-5H3. The molecule has 3 saturated carbocycles. The number of carbonyl (C=O) groups is 1. The van der Waals surface area contributed by atoms with E-state index in [-0.39, 0.29) is 34.2 Å². The number of epoxide rings is 1. The molecule has 3 nitrogen and oxygen atoms in total. The van der Waals surface area contributed by atoms with Crippen molar-refractivity contribution in [2.75, 3.05) is 0 Å². The van der Waals surface area contributed by atoms with Crippen LogP contribution in [0.2, 0.25) is 0 Å². The van der Waals surface area contributed by atoms with Gasteiger partial charge < -0.3 is 9.84 Å². The van der Waals surface area contributed by atoms with Crippen LogP contribution in [0.3, 0.4) is 0 Å². The summed E-state index contributed by atoms with van der Waals surface area (Å²) in [7, 11) is 0. The van der Waals surface area contributed by atoms with Gasteiger partial charge in [0.15, 0.2) is 11.4 Å². The number of hydrogen-bond acceptors (Lipinski definition) is 3. The first-order valence-corrected chi connectivity index (χ1v) is 11.7. The Hall–Kier alpha value is -0.670. The number of hydrogen-bond donors (Lipinski definition) is 1.